The number of amides is 1. The minimum absolute atomic E-state index is 0.178. The van der Waals surface area contributed by atoms with Gasteiger partial charge in [-0.1, -0.05) is 48.5 Å². The molecular formula is C23H27N3O. The molecule has 3 aromatic rings. The van der Waals surface area contributed by atoms with E-state index in [1.54, 1.807) is 0 Å². The Hall–Kier alpha value is -2.88. The highest BCUT2D eigenvalue weighted by molar-refractivity contribution is 5.75. The molecule has 27 heavy (non-hydrogen) atoms. The lowest BCUT2D eigenvalue weighted by Gasteiger charge is -2.17. The van der Waals surface area contributed by atoms with Crippen molar-refractivity contribution < 1.29 is 4.79 Å². The molecule has 0 bridgehead atoms. The summed E-state index contributed by atoms with van der Waals surface area (Å²) in [5.41, 5.74) is 5.51. The summed E-state index contributed by atoms with van der Waals surface area (Å²) in [6.45, 7) is 4.67. The van der Waals surface area contributed by atoms with E-state index in [-0.39, 0.29) is 5.91 Å². The highest BCUT2D eigenvalue weighted by Gasteiger charge is 2.17. The molecule has 4 nitrogen and oxygen atoms in total. The van der Waals surface area contributed by atoms with Crippen molar-refractivity contribution in [2.24, 2.45) is 0 Å². The van der Waals surface area contributed by atoms with Crippen molar-refractivity contribution in [1.29, 1.82) is 0 Å². The third-order valence-corrected chi connectivity index (χ3v) is 4.96. The average molecular weight is 361 g/mol. The number of carbonyl (C=O) groups is 1. The zero-order valence-electron chi connectivity index (χ0n) is 16.4. The van der Waals surface area contributed by atoms with Gasteiger partial charge in [-0.25, -0.2) is 4.68 Å². The van der Waals surface area contributed by atoms with Gasteiger partial charge in [0.25, 0.3) is 0 Å². The van der Waals surface area contributed by atoms with E-state index < -0.39 is 0 Å². The Bertz CT molecular complexity index is 885. The normalized spacial score (nSPS) is 10.8. The molecule has 0 aliphatic heterocycles. The highest BCUT2D eigenvalue weighted by Crippen LogP contribution is 2.19. The molecule has 0 aliphatic rings. The molecule has 3 rings (SSSR count). The quantitative estimate of drug-likeness (QED) is 0.623. The molecule has 0 fully saturated rings. The zero-order valence-corrected chi connectivity index (χ0v) is 16.4. The molecule has 1 amide bonds. The monoisotopic (exact) mass is 361 g/mol. The summed E-state index contributed by atoms with van der Waals surface area (Å²) in [5.74, 6) is 0.178. The largest absolute Gasteiger partial charge is 0.341 e. The fourth-order valence-electron chi connectivity index (χ4n) is 3.33. The molecule has 0 saturated carbocycles. The summed E-state index contributed by atoms with van der Waals surface area (Å²) in [7, 11) is 1.88. The predicted octanol–water partition coefficient (Wildman–Crippen LogP) is 4.47. The van der Waals surface area contributed by atoms with Gasteiger partial charge in [-0.05, 0) is 44.4 Å². The molecule has 0 saturated heterocycles. The average Bonchev–Trinajstić information content (AvgIpc) is 2.97. The Morgan fingerprint density at radius 3 is 2.30 bits per heavy atom. The molecule has 0 atom stereocenters. The van der Waals surface area contributed by atoms with Gasteiger partial charge in [-0.15, -0.1) is 0 Å². The summed E-state index contributed by atoms with van der Waals surface area (Å²) in [6.07, 6.45) is 2.37. The molecule has 0 spiro atoms. The summed E-state index contributed by atoms with van der Waals surface area (Å²) < 4.78 is 1.96. The van der Waals surface area contributed by atoms with Crippen molar-refractivity contribution in [3.05, 3.63) is 83.2 Å². The highest BCUT2D eigenvalue weighted by atomic mass is 16.2. The van der Waals surface area contributed by atoms with Gasteiger partial charge in [-0.2, -0.15) is 5.10 Å². The van der Waals surface area contributed by atoms with Crippen LogP contribution in [0.25, 0.3) is 5.69 Å². The van der Waals surface area contributed by atoms with E-state index in [9.17, 15) is 4.79 Å². The lowest BCUT2D eigenvalue weighted by Crippen LogP contribution is -2.26. The molecule has 1 aromatic heterocycles. The van der Waals surface area contributed by atoms with E-state index >= 15 is 0 Å². The lowest BCUT2D eigenvalue weighted by molar-refractivity contribution is -0.130. The topological polar surface area (TPSA) is 38.1 Å². The molecule has 0 radical (unpaired) electrons. The van der Waals surface area contributed by atoms with E-state index in [1.165, 1.54) is 5.56 Å². The summed E-state index contributed by atoms with van der Waals surface area (Å²) in [6, 6.07) is 20.4. The maximum absolute atomic E-state index is 12.5. The van der Waals surface area contributed by atoms with Crippen LogP contribution in [0.1, 0.15) is 35.4 Å². The Kier molecular flexibility index (Phi) is 6.07. The predicted molar refractivity (Wildman–Crippen MR) is 109 cm³/mol. The number of carbonyl (C=O) groups excluding carboxylic acids is 1. The van der Waals surface area contributed by atoms with Crippen LogP contribution in [0.5, 0.6) is 0 Å². The SMILES string of the molecule is Cc1nn(-c2ccccc2)c(C)c1CN(C)C(=O)CCCc1ccccc1. The van der Waals surface area contributed by atoms with Crippen LogP contribution in [0, 0.1) is 13.8 Å². The molecule has 1 heterocycles. The van der Waals surface area contributed by atoms with Crippen LogP contribution in [0.15, 0.2) is 60.7 Å². The summed E-state index contributed by atoms with van der Waals surface area (Å²) in [4.78, 5) is 14.4. The van der Waals surface area contributed by atoms with E-state index in [4.69, 9.17) is 0 Å². The maximum Gasteiger partial charge on any atom is 0.222 e. The number of hydrogen-bond acceptors (Lipinski definition) is 2. The molecule has 0 N–H and O–H groups in total. The Morgan fingerprint density at radius 2 is 1.63 bits per heavy atom. The summed E-state index contributed by atoms with van der Waals surface area (Å²) >= 11 is 0. The first kappa shape index (κ1) is 18.9. The smallest absolute Gasteiger partial charge is 0.222 e. The van der Waals surface area contributed by atoms with Gasteiger partial charge in [0.15, 0.2) is 0 Å². The second-order valence-electron chi connectivity index (χ2n) is 6.99. The van der Waals surface area contributed by atoms with Crippen molar-refractivity contribution >= 4 is 5.91 Å². The Balaban J connectivity index is 1.61. The molecule has 2 aromatic carbocycles. The second-order valence-corrected chi connectivity index (χ2v) is 6.99. The third kappa shape index (κ3) is 4.64. The first-order chi connectivity index (χ1) is 13.1. The van der Waals surface area contributed by atoms with Gasteiger partial charge < -0.3 is 4.90 Å². The number of para-hydroxylation sites is 1. The van der Waals surface area contributed by atoms with E-state index in [0.29, 0.717) is 13.0 Å². The van der Waals surface area contributed by atoms with E-state index in [2.05, 4.69) is 24.2 Å². The molecule has 140 valence electrons. The third-order valence-electron chi connectivity index (χ3n) is 4.96. The van der Waals surface area contributed by atoms with Crippen molar-refractivity contribution in [2.45, 2.75) is 39.7 Å². The van der Waals surface area contributed by atoms with E-state index in [0.717, 1.165) is 35.5 Å². The van der Waals surface area contributed by atoms with Crippen LogP contribution >= 0.6 is 0 Å². The zero-order chi connectivity index (χ0) is 19.2. The molecule has 0 unspecified atom stereocenters. The minimum Gasteiger partial charge on any atom is -0.341 e. The second kappa shape index (κ2) is 8.67. The van der Waals surface area contributed by atoms with Crippen molar-refractivity contribution in [3.63, 3.8) is 0 Å². The molecule has 0 aliphatic carbocycles. The van der Waals surface area contributed by atoms with Crippen molar-refractivity contribution in [2.75, 3.05) is 7.05 Å². The number of benzene rings is 2. The number of aryl methyl sites for hydroxylation is 2. The standard InChI is InChI=1S/C23H27N3O/c1-18-22(19(2)26(24-18)21-14-8-5-9-15-21)17-25(3)23(27)16-10-13-20-11-6-4-7-12-20/h4-9,11-12,14-15H,10,13,16-17H2,1-3H3. The minimum atomic E-state index is 0.178. The first-order valence-corrected chi connectivity index (χ1v) is 9.44. The molecular weight excluding hydrogens is 334 g/mol. The number of aromatic nitrogens is 2. The number of nitrogens with zero attached hydrogens (tertiary/aromatic N) is 3. The van der Waals surface area contributed by atoms with Crippen LogP contribution in [-0.2, 0) is 17.8 Å². The fourth-order valence-corrected chi connectivity index (χ4v) is 3.33. The maximum atomic E-state index is 12.5. The van der Waals surface area contributed by atoms with Crippen molar-refractivity contribution in [3.8, 4) is 5.69 Å². The van der Waals surface area contributed by atoms with Gasteiger partial charge >= 0.3 is 0 Å². The van der Waals surface area contributed by atoms with Gasteiger partial charge in [0.05, 0.1) is 11.4 Å². The van der Waals surface area contributed by atoms with Crippen LogP contribution in [0.4, 0.5) is 0 Å². The van der Waals surface area contributed by atoms with Gasteiger partial charge in [0, 0.05) is 31.3 Å². The van der Waals surface area contributed by atoms with Gasteiger partial charge in [-0.3, -0.25) is 4.79 Å². The van der Waals surface area contributed by atoms with E-state index in [1.807, 2.05) is 72.1 Å². The molecule has 4 heteroatoms. The van der Waals surface area contributed by atoms with Crippen LogP contribution < -0.4 is 0 Å². The fraction of sp³-hybridized carbons (Fsp3) is 0.304. The summed E-state index contributed by atoms with van der Waals surface area (Å²) in [5, 5.41) is 4.67. The van der Waals surface area contributed by atoms with Crippen LogP contribution in [-0.4, -0.2) is 27.6 Å². The Morgan fingerprint density at radius 1 is 1.00 bits per heavy atom. The van der Waals surface area contributed by atoms with Crippen LogP contribution in [0.3, 0.4) is 0 Å². The number of rotatable bonds is 7. The Labute approximate surface area is 161 Å². The lowest BCUT2D eigenvalue weighted by atomic mass is 10.1. The van der Waals surface area contributed by atoms with Crippen LogP contribution in [0.2, 0.25) is 0 Å². The van der Waals surface area contributed by atoms with Crippen molar-refractivity contribution in [1.82, 2.24) is 14.7 Å². The van der Waals surface area contributed by atoms with Gasteiger partial charge in [0.2, 0.25) is 5.91 Å². The number of hydrogen-bond donors (Lipinski definition) is 0. The first-order valence-electron chi connectivity index (χ1n) is 9.44. The van der Waals surface area contributed by atoms with Gasteiger partial charge in [0.1, 0.15) is 0 Å².